The van der Waals surface area contributed by atoms with Crippen molar-refractivity contribution in [3.63, 3.8) is 0 Å². The molecule has 1 aromatic carbocycles. The van der Waals surface area contributed by atoms with Gasteiger partial charge in [-0.05, 0) is 0 Å². The molecule has 0 aliphatic heterocycles. The topological polar surface area (TPSA) is 0 Å². The fraction of sp³-hybridized carbons (Fsp3) is 0.333. The molecule has 0 saturated carbocycles. The first-order chi connectivity index (χ1) is 6.86. The third kappa shape index (κ3) is 4.29. The van der Waals surface area contributed by atoms with E-state index in [1.165, 1.54) is 23.5 Å². The molecule has 0 aliphatic carbocycles. The Labute approximate surface area is 100 Å². The van der Waals surface area contributed by atoms with Crippen molar-refractivity contribution in [3.8, 4) is 10.5 Å². The Morgan fingerprint density at radius 1 is 1.29 bits per heavy atom. The van der Waals surface area contributed by atoms with Gasteiger partial charge in [-0.15, -0.1) is 0 Å². The second-order valence-corrected chi connectivity index (χ2v) is 4.27. The summed E-state index contributed by atoms with van der Waals surface area (Å²) < 4.78 is 2.90. The molecule has 0 aliphatic rings. The Kier molecular flexibility index (Phi) is 5.96. The molecule has 0 saturated heterocycles. The van der Waals surface area contributed by atoms with Crippen LogP contribution in [-0.2, 0) is 0 Å². The Hall–Kier alpha value is -0.273. The van der Waals surface area contributed by atoms with Gasteiger partial charge in [0.1, 0.15) is 0 Å². The van der Waals surface area contributed by atoms with Crippen molar-refractivity contribution in [2.24, 2.45) is 0 Å². The third-order valence-corrected chi connectivity index (χ3v) is 2.99. The van der Waals surface area contributed by atoms with Gasteiger partial charge in [0.25, 0.3) is 0 Å². The molecule has 0 amide bonds. The molecule has 1 aromatic rings. The zero-order valence-electron chi connectivity index (χ0n) is 8.84. The molecule has 0 heterocycles. The van der Waals surface area contributed by atoms with Crippen molar-refractivity contribution in [1.82, 2.24) is 0 Å². The van der Waals surface area contributed by atoms with E-state index in [2.05, 4.69) is 41.7 Å². The first-order valence-electron chi connectivity index (χ1n) is 5.02. The fourth-order valence-corrected chi connectivity index (χ4v) is 2.11. The number of benzene rings is 1. The number of hydrogen-bond acceptors (Lipinski definition) is 1. The Bertz CT molecular complexity index is 318. The van der Waals surface area contributed by atoms with Crippen LogP contribution in [0.2, 0.25) is 0 Å². The number of thioether (sulfide) groups is 1. The molecule has 0 nitrogen and oxygen atoms in total. The molecule has 0 aromatic heterocycles. The fourth-order valence-electron chi connectivity index (χ4n) is 1.11. The van der Waals surface area contributed by atoms with E-state index < -0.39 is 0 Å². The minimum absolute atomic E-state index is 1.10. The molecule has 14 heavy (non-hydrogen) atoms. The molecule has 0 fully saturated rings. The molecule has 0 bridgehead atoms. The molecule has 68 valence electrons. The quantitative estimate of drug-likeness (QED) is 0.309. The summed E-state index contributed by atoms with van der Waals surface area (Å²) in [5.41, 5.74) is 1.10. The molecule has 0 spiro atoms. The van der Waals surface area contributed by atoms with E-state index in [0.717, 1.165) is 5.56 Å². The van der Waals surface area contributed by atoms with Crippen molar-refractivity contribution in [2.75, 3.05) is 5.75 Å². The maximum absolute atomic E-state index is 3.04. The monoisotopic (exact) mass is 196 g/mol. The van der Waals surface area contributed by atoms with Crippen molar-refractivity contribution in [1.29, 1.82) is 0 Å². The maximum atomic E-state index is 3.04. The van der Waals surface area contributed by atoms with E-state index in [1.54, 1.807) is 0 Å². The van der Waals surface area contributed by atoms with E-state index in [9.17, 15) is 0 Å². The first-order valence-corrected chi connectivity index (χ1v) is 6.01. The molecular formula is C12H13LiS. The van der Waals surface area contributed by atoms with E-state index in [0.29, 0.717) is 0 Å². The van der Waals surface area contributed by atoms with Gasteiger partial charge in [0.15, 0.2) is 0 Å². The van der Waals surface area contributed by atoms with Gasteiger partial charge in [0.05, 0.1) is 0 Å². The molecule has 2 heteroatoms. The van der Waals surface area contributed by atoms with Gasteiger partial charge in [-0.25, -0.2) is 0 Å². The van der Waals surface area contributed by atoms with E-state index in [-0.39, 0.29) is 0 Å². The number of unbranched alkanes of at least 4 members (excludes halogenated alkanes) is 1. The standard InChI is InChI=1S/C12H13S.Li/c1-3-5-10-13-12-8-6-11(4-2)7-9-12;/h6-9H,3,5,10H2,1H3;. The van der Waals surface area contributed by atoms with E-state index in [4.69, 9.17) is 0 Å². The van der Waals surface area contributed by atoms with Crippen LogP contribution in [0, 0.1) is 10.5 Å². The zero-order chi connectivity index (χ0) is 10.2. The SMILES string of the molecule is [Li][C]#Cc1ccc(SCCCC)cc1. The molecule has 0 N–H and O–H groups in total. The van der Waals surface area contributed by atoms with Gasteiger partial charge in [-0.2, -0.15) is 0 Å². The minimum atomic E-state index is 1.10. The second-order valence-electron chi connectivity index (χ2n) is 3.10. The van der Waals surface area contributed by atoms with Crippen LogP contribution in [0.25, 0.3) is 0 Å². The van der Waals surface area contributed by atoms with Crippen molar-refractivity contribution < 1.29 is 0 Å². The van der Waals surface area contributed by atoms with Gasteiger partial charge in [-0.3, -0.25) is 0 Å². The summed E-state index contributed by atoms with van der Waals surface area (Å²) in [6, 6.07) is 8.48. The second kappa shape index (κ2) is 7.08. The van der Waals surface area contributed by atoms with Crippen molar-refractivity contribution in [2.45, 2.75) is 24.7 Å². The summed E-state index contributed by atoms with van der Waals surface area (Å²) in [5, 5.41) is 0. The molecule has 1 rings (SSSR count). The Morgan fingerprint density at radius 2 is 2.00 bits per heavy atom. The van der Waals surface area contributed by atoms with Gasteiger partial charge in [0, 0.05) is 0 Å². The summed E-state index contributed by atoms with van der Waals surface area (Å²) in [6.07, 6.45) is 2.56. The van der Waals surface area contributed by atoms with Gasteiger partial charge >= 0.3 is 100 Å². The predicted molar refractivity (Wildman–Crippen MR) is 64.7 cm³/mol. The molecular weight excluding hydrogens is 183 g/mol. The average Bonchev–Trinajstić information content (AvgIpc) is 2.21. The van der Waals surface area contributed by atoms with Crippen LogP contribution in [0.1, 0.15) is 25.3 Å². The van der Waals surface area contributed by atoms with Crippen LogP contribution < -0.4 is 0 Å². The summed E-state index contributed by atoms with van der Waals surface area (Å²) >= 11 is 3.79. The van der Waals surface area contributed by atoms with Gasteiger partial charge in [0.2, 0.25) is 0 Å². The zero-order valence-corrected chi connectivity index (χ0v) is 9.66. The third-order valence-electron chi connectivity index (χ3n) is 1.89. The van der Waals surface area contributed by atoms with E-state index in [1.807, 2.05) is 29.5 Å². The van der Waals surface area contributed by atoms with Crippen LogP contribution in [-0.4, -0.2) is 23.5 Å². The van der Waals surface area contributed by atoms with Gasteiger partial charge < -0.3 is 0 Å². The van der Waals surface area contributed by atoms with Crippen LogP contribution in [0.15, 0.2) is 29.2 Å². The number of rotatable bonds is 4. The molecule has 0 atom stereocenters. The first kappa shape index (κ1) is 11.8. The van der Waals surface area contributed by atoms with Crippen LogP contribution >= 0.6 is 11.8 Å². The van der Waals surface area contributed by atoms with Crippen LogP contribution in [0.5, 0.6) is 0 Å². The van der Waals surface area contributed by atoms with Crippen LogP contribution in [0.4, 0.5) is 0 Å². The summed E-state index contributed by atoms with van der Waals surface area (Å²) in [5.74, 6) is 4.26. The molecule has 0 radical (unpaired) electrons. The van der Waals surface area contributed by atoms with Gasteiger partial charge in [-0.1, -0.05) is 0 Å². The van der Waals surface area contributed by atoms with Crippen molar-refractivity contribution in [3.05, 3.63) is 29.8 Å². The van der Waals surface area contributed by atoms with Crippen molar-refractivity contribution >= 4 is 29.5 Å². The summed E-state index contributed by atoms with van der Waals surface area (Å²) in [7, 11) is 0. The van der Waals surface area contributed by atoms with E-state index >= 15 is 0 Å². The number of hydrogen-bond donors (Lipinski definition) is 0. The summed E-state index contributed by atoms with van der Waals surface area (Å²) in [6.45, 7) is 2.22. The average molecular weight is 196 g/mol. The Balaban J connectivity index is 2.49. The summed E-state index contributed by atoms with van der Waals surface area (Å²) in [4.78, 5) is 1.35. The predicted octanol–water partition coefficient (Wildman–Crippen LogP) is 3.06. The Morgan fingerprint density at radius 3 is 2.57 bits per heavy atom. The van der Waals surface area contributed by atoms with Crippen LogP contribution in [0.3, 0.4) is 0 Å². The molecule has 0 unspecified atom stereocenters. The normalized spacial score (nSPS) is 9.36.